The van der Waals surface area contributed by atoms with E-state index in [9.17, 15) is 9.59 Å². The summed E-state index contributed by atoms with van der Waals surface area (Å²) in [6.45, 7) is 2.84. The van der Waals surface area contributed by atoms with Gasteiger partial charge in [0.15, 0.2) is 0 Å². The molecule has 0 saturated carbocycles. The molecule has 1 atom stereocenters. The predicted octanol–water partition coefficient (Wildman–Crippen LogP) is -0.248. The van der Waals surface area contributed by atoms with Gasteiger partial charge >= 0.3 is 0 Å². The van der Waals surface area contributed by atoms with Crippen molar-refractivity contribution in [2.75, 3.05) is 26.3 Å². The molecule has 5 nitrogen and oxygen atoms in total. The summed E-state index contributed by atoms with van der Waals surface area (Å²) in [6.07, 6.45) is 0.230. The third-order valence-corrected chi connectivity index (χ3v) is 4.11. The van der Waals surface area contributed by atoms with E-state index in [1.54, 1.807) is 0 Å². The number of thioether (sulfide) groups is 1. The Bertz CT molecular complexity index is 329. The van der Waals surface area contributed by atoms with Crippen LogP contribution in [-0.4, -0.2) is 52.6 Å². The van der Waals surface area contributed by atoms with Crippen molar-refractivity contribution in [3.05, 3.63) is 0 Å². The summed E-state index contributed by atoms with van der Waals surface area (Å²) in [5.74, 6) is -0.446. The zero-order chi connectivity index (χ0) is 11.5. The van der Waals surface area contributed by atoms with E-state index < -0.39 is 0 Å². The van der Waals surface area contributed by atoms with E-state index in [4.69, 9.17) is 17.0 Å². The van der Waals surface area contributed by atoms with E-state index in [0.29, 0.717) is 17.5 Å². The fraction of sp³-hybridized carbons (Fsp3) is 0.667. The Balaban J connectivity index is 1.86. The third kappa shape index (κ3) is 2.72. The van der Waals surface area contributed by atoms with Crippen LogP contribution in [-0.2, 0) is 14.3 Å². The summed E-state index contributed by atoms with van der Waals surface area (Å²) in [5.41, 5.74) is 0. The van der Waals surface area contributed by atoms with E-state index in [2.05, 4.69) is 5.32 Å². The van der Waals surface area contributed by atoms with Gasteiger partial charge in [0.25, 0.3) is 0 Å². The van der Waals surface area contributed by atoms with Gasteiger partial charge < -0.3 is 9.64 Å². The van der Waals surface area contributed by atoms with Crippen molar-refractivity contribution < 1.29 is 14.3 Å². The molecular formula is C9H12N2O3S2. The number of carbonyl (C=O) groups is 2. The molecule has 0 radical (unpaired) electrons. The van der Waals surface area contributed by atoms with Gasteiger partial charge in [-0.05, 0) is 0 Å². The zero-order valence-corrected chi connectivity index (χ0v) is 10.2. The summed E-state index contributed by atoms with van der Waals surface area (Å²) in [6, 6.07) is 0. The van der Waals surface area contributed by atoms with Gasteiger partial charge in [-0.1, -0.05) is 24.0 Å². The second-order valence-corrected chi connectivity index (χ2v) is 5.42. The van der Waals surface area contributed by atoms with Gasteiger partial charge in [0.1, 0.15) is 4.32 Å². The maximum Gasteiger partial charge on any atom is 0.240 e. The first-order chi connectivity index (χ1) is 7.66. The predicted molar refractivity (Wildman–Crippen MR) is 64.1 cm³/mol. The van der Waals surface area contributed by atoms with Crippen LogP contribution in [0.2, 0.25) is 0 Å². The molecule has 0 aromatic rings. The largest absolute Gasteiger partial charge is 0.378 e. The van der Waals surface area contributed by atoms with Gasteiger partial charge in [-0.15, -0.1) is 0 Å². The van der Waals surface area contributed by atoms with E-state index in [1.165, 1.54) is 11.8 Å². The molecule has 2 fully saturated rings. The highest BCUT2D eigenvalue weighted by molar-refractivity contribution is 8.23. The van der Waals surface area contributed by atoms with E-state index >= 15 is 0 Å². The van der Waals surface area contributed by atoms with Gasteiger partial charge in [0, 0.05) is 19.5 Å². The molecule has 2 aliphatic heterocycles. The number of hydrogen-bond donors (Lipinski definition) is 1. The Kier molecular flexibility index (Phi) is 3.78. The number of imide groups is 1. The number of ether oxygens (including phenoxy) is 1. The fourth-order valence-electron chi connectivity index (χ4n) is 1.57. The van der Waals surface area contributed by atoms with Gasteiger partial charge in [-0.25, -0.2) is 0 Å². The quantitative estimate of drug-likeness (QED) is 0.518. The molecule has 2 rings (SSSR count). The van der Waals surface area contributed by atoms with Gasteiger partial charge in [0.2, 0.25) is 11.8 Å². The monoisotopic (exact) mass is 260 g/mol. The molecule has 0 aromatic carbocycles. The highest BCUT2D eigenvalue weighted by Crippen LogP contribution is 2.23. The maximum atomic E-state index is 11.3. The minimum atomic E-state index is -0.358. The fourth-order valence-corrected chi connectivity index (χ4v) is 3.07. The normalized spacial score (nSPS) is 25.8. The molecule has 88 valence electrons. The van der Waals surface area contributed by atoms with Gasteiger partial charge in [-0.2, -0.15) is 0 Å². The number of nitrogens with one attached hydrogen (secondary N) is 1. The third-order valence-electron chi connectivity index (χ3n) is 2.44. The number of thiocarbonyl (C=S) groups is 1. The first kappa shape index (κ1) is 11.8. The van der Waals surface area contributed by atoms with E-state index in [-0.39, 0.29) is 23.5 Å². The lowest BCUT2D eigenvalue weighted by Gasteiger charge is -2.29. The topological polar surface area (TPSA) is 58.6 Å². The van der Waals surface area contributed by atoms with Crippen LogP contribution in [0.3, 0.4) is 0 Å². The van der Waals surface area contributed by atoms with Gasteiger partial charge in [0.05, 0.1) is 18.5 Å². The lowest BCUT2D eigenvalue weighted by atomic mass is 10.4. The maximum absolute atomic E-state index is 11.3. The molecular weight excluding hydrogens is 248 g/mol. The van der Waals surface area contributed by atoms with Crippen LogP contribution in [0.15, 0.2) is 0 Å². The minimum absolute atomic E-state index is 0.215. The summed E-state index contributed by atoms with van der Waals surface area (Å²) < 4.78 is 5.89. The second kappa shape index (κ2) is 5.11. The molecule has 2 saturated heterocycles. The van der Waals surface area contributed by atoms with Gasteiger partial charge in [-0.3, -0.25) is 14.9 Å². The Hall–Kier alpha value is -0.660. The first-order valence-corrected chi connectivity index (χ1v) is 6.32. The van der Waals surface area contributed by atoms with Crippen LogP contribution in [0, 0.1) is 0 Å². The van der Waals surface area contributed by atoms with Crippen molar-refractivity contribution in [2.45, 2.75) is 11.7 Å². The summed E-state index contributed by atoms with van der Waals surface area (Å²) in [4.78, 5) is 24.4. The number of nitrogens with zero attached hydrogens (tertiary/aromatic N) is 1. The standard InChI is InChI=1S/C9H12N2O3S2/c12-7-5-6(8(13)10-7)16-9(15)11-1-3-14-4-2-11/h6H,1-5H2,(H,10,12,13)/t6-/m0/s1. The van der Waals surface area contributed by atoms with E-state index in [1.807, 2.05) is 4.90 Å². The van der Waals surface area contributed by atoms with Crippen LogP contribution in [0.4, 0.5) is 0 Å². The minimum Gasteiger partial charge on any atom is -0.378 e. The molecule has 1 N–H and O–H groups in total. The summed E-state index contributed by atoms with van der Waals surface area (Å²) in [7, 11) is 0. The Morgan fingerprint density at radius 2 is 2.12 bits per heavy atom. The molecule has 0 aliphatic carbocycles. The summed E-state index contributed by atoms with van der Waals surface area (Å²) in [5, 5.41) is 1.92. The number of amides is 2. The van der Waals surface area contributed by atoms with Crippen molar-refractivity contribution >= 4 is 40.1 Å². The average molecular weight is 260 g/mol. The van der Waals surface area contributed by atoms with Crippen LogP contribution < -0.4 is 5.32 Å². The molecule has 0 spiro atoms. The van der Waals surface area contributed by atoms with Crippen LogP contribution >= 0.6 is 24.0 Å². The number of carbonyl (C=O) groups excluding carboxylic acids is 2. The van der Waals surface area contributed by atoms with Crippen molar-refractivity contribution in [3.63, 3.8) is 0 Å². The Labute approximate surface area is 103 Å². The Morgan fingerprint density at radius 3 is 2.69 bits per heavy atom. The van der Waals surface area contributed by atoms with Crippen molar-refractivity contribution in [3.8, 4) is 0 Å². The molecule has 0 aromatic heterocycles. The molecule has 2 aliphatic rings. The lowest BCUT2D eigenvalue weighted by Crippen LogP contribution is -2.39. The Morgan fingerprint density at radius 1 is 1.44 bits per heavy atom. The molecule has 16 heavy (non-hydrogen) atoms. The van der Waals surface area contributed by atoms with Crippen molar-refractivity contribution in [1.82, 2.24) is 10.2 Å². The lowest BCUT2D eigenvalue weighted by molar-refractivity contribution is -0.124. The van der Waals surface area contributed by atoms with Crippen LogP contribution in [0.5, 0.6) is 0 Å². The highest BCUT2D eigenvalue weighted by Gasteiger charge is 2.33. The molecule has 0 unspecified atom stereocenters. The number of hydrogen-bond acceptors (Lipinski definition) is 5. The average Bonchev–Trinajstić information content (AvgIpc) is 2.59. The molecule has 2 amide bonds. The molecule has 2 heterocycles. The zero-order valence-electron chi connectivity index (χ0n) is 8.60. The molecule has 7 heteroatoms. The highest BCUT2D eigenvalue weighted by atomic mass is 32.2. The van der Waals surface area contributed by atoms with Crippen LogP contribution in [0.1, 0.15) is 6.42 Å². The SMILES string of the molecule is O=C1C[C@H](SC(=S)N2CCOCC2)C(=O)N1. The number of morpholine rings is 1. The second-order valence-electron chi connectivity index (χ2n) is 3.59. The summed E-state index contributed by atoms with van der Waals surface area (Å²) >= 11 is 6.54. The van der Waals surface area contributed by atoms with E-state index in [0.717, 1.165) is 13.1 Å². The van der Waals surface area contributed by atoms with Crippen LogP contribution in [0.25, 0.3) is 0 Å². The first-order valence-electron chi connectivity index (χ1n) is 5.04. The van der Waals surface area contributed by atoms with Crippen molar-refractivity contribution in [1.29, 1.82) is 0 Å². The molecule has 0 bridgehead atoms. The smallest absolute Gasteiger partial charge is 0.240 e. The van der Waals surface area contributed by atoms with Crippen molar-refractivity contribution in [2.24, 2.45) is 0 Å². The number of rotatable bonds is 1.